The van der Waals surface area contributed by atoms with Gasteiger partial charge in [0.2, 0.25) is 0 Å². The zero-order valence-electron chi connectivity index (χ0n) is 10.2. The van der Waals surface area contributed by atoms with Crippen LogP contribution in [0.2, 0.25) is 0 Å². The van der Waals surface area contributed by atoms with Gasteiger partial charge in [-0.25, -0.2) is 0 Å². The predicted molar refractivity (Wildman–Crippen MR) is 65.1 cm³/mol. The fourth-order valence-corrected chi connectivity index (χ4v) is 2.01. The van der Waals surface area contributed by atoms with Crippen LogP contribution in [0, 0.1) is 0 Å². The number of carbonyl (C=O) groups excluding carboxylic acids is 2. The average Bonchev–Trinajstić information content (AvgIpc) is 2.31. The summed E-state index contributed by atoms with van der Waals surface area (Å²) in [6, 6.07) is 5.42. The van der Waals surface area contributed by atoms with Gasteiger partial charge in [-0.05, 0) is 25.3 Å². The van der Waals surface area contributed by atoms with E-state index in [4.69, 9.17) is 0 Å². The van der Waals surface area contributed by atoms with Crippen molar-refractivity contribution in [3.8, 4) is 0 Å². The van der Waals surface area contributed by atoms with Gasteiger partial charge >= 0.3 is 0 Å². The molecule has 2 heteroatoms. The molecule has 0 unspecified atom stereocenters. The topological polar surface area (TPSA) is 34.1 Å². The number of ketones is 2. The molecular formula is C14H18O2. The highest BCUT2D eigenvalue weighted by Gasteiger charge is 2.20. The van der Waals surface area contributed by atoms with Crippen molar-refractivity contribution in [1.82, 2.24) is 0 Å². The molecule has 2 rings (SSSR count). The summed E-state index contributed by atoms with van der Waals surface area (Å²) in [7, 11) is 0. The van der Waals surface area contributed by atoms with E-state index in [0.29, 0.717) is 6.42 Å². The Bertz CT molecular complexity index is 391. The standard InChI is InChI=1S/C12H12O2.C2H6/c1-8(13)9-4-2-6-11-10(9)5-3-7-12(11)14;1-2/h2,4,6H,3,5,7H2,1H3;1-2H3. The molecule has 1 aromatic carbocycles. The Morgan fingerprint density at radius 3 is 2.50 bits per heavy atom. The lowest BCUT2D eigenvalue weighted by molar-refractivity contribution is 0.0972. The largest absolute Gasteiger partial charge is 0.295 e. The van der Waals surface area contributed by atoms with Gasteiger partial charge in [0.25, 0.3) is 0 Å². The SMILES string of the molecule is CC.CC(=O)c1cccc2c1CCCC2=O. The first-order chi connectivity index (χ1) is 7.70. The molecule has 0 N–H and O–H groups in total. The van der Waals surface area contributed by atoms with Crippen LogP contribution in [0.25, 0.3) is 0 Å². The normalized spacial score (nSPS) is 13.6. The fourth-order valence-electron chi connectivity index (χ4n) is 2.01. The lowest BCUT2D eigenvalue weighted by Crippen LogP contribution is -2.14. The van der Waals surface area contributed by atoms with Crippen molar-refractivity contribution in [3.05, 3.63) is 34.9 Å². The molecule has 0 saturated carbocycles. The van der Waals surface area contributed by atoms with Crippen LogP contribution in [0.1, 0.15) is 59.9 Å². The van der Waals surface area contributed by atoms with E-state index in [1.54, 1.807) is 19.1 Å². The lowest BCUT2D eigenvalue weighted by Gasteiger charge is -2.16. The van der Waals surface area contributed by atoms with Crippen LogP contribution in [0.15, 0.2) is 18.2 Å². The molecule has 16 heavy (non-hydrogen) atoms. The summed E-state index contributed by atoms with van der Waals surface area (Å²) >= 11 is 0. The third kappa shape index (κ3) is 2.38. The van der Waals surface area contributed by atoms with Crippen LogP contribution in [0.5, 0.6) is 0 Å². The van der Waals surface area contributed by atoms with Gasteiger partial charge in [0, 0.05) is 17.5 Å². The average molecular weight is 218 g/mol. The van der Waals surface area contributed by atoms with Gasteiger partial charge in [-0.3, -0.25) is 9.59 Å². The highest BCUT2D eigenvalue weighted by molar-refractivity contribution is 6.03. The second-order valence-corrected chi connectivity index (χ2v) is 3.66. The summed E-state index contributed by atoms with van der Waals surface area (Å²) in [6.45, 7) is 5.55. The molecule has 0 spiro atoms. The Balaban J connectivity index is 0.000000606. The first-order valence-electron chi connectivity index (χ1n) is 5.86. The smallest absolute Gasteiger partial charge is 0.163 e. The lowest BCUT2D eigenvalue weighted by atomic mass is 9.86. The molecule has 1 aromatic rings. The first kappa shape index (κ1) is 12.6. The maximum absolute atomic E-state index is 11.5. The van der Waals surface area contributed by atoms with Gasteiger partial charge in [0.1, 0.15) is 0 Å². The molecule has 0 saturated heterocycles. The molecule has 2 nitrogen and oxygen atoms in total. The van der Waals surface area contributed by atoms with E-state index < -0.39 is 0 Å². The second-order valence-electron chi connectivity index (χ2n) is 3.66. The third-order valence-electron chi connectivity index (χ3n) is 2.69. The van der Waals surface area contributed by atoms with Crippen LogP contribution in [-0.2, 0) is 6.42 Å². The van der Waals surface area contributed by atoms with Crippen molar-refractivity contribution in [2.24, 2.45) is 0 Å². The highest BCUT2D eigenvalue weighted by Crippen LogP contribution is 2.24. The van der Waals surface area contributed by atoms with Gasteiger partial charge in [-0.2, -0.15) is 0 Å². The molecule has 0 heterocycles. The summed E-state index contributed by atoms with van der Waals surface area (Å²) in [5.41, 5.74) is 2.43. The summed E-state index contributed by atoms with van der Waals surface area (Å²) in [6.07, 6.45) is 2.35. The minimum atomic E-state index is 0.0524. The Labute approximate surface area is 96.7 Å². The third-order valence-corrected chi connectivity index (χ3v) is 2.69. The molecule has 0 fully saturated rings. The summed E-state index contributed by atoms with van der Waals surface area (Å²) in [5, 5.41) is 0. The second kappa shape index (κ2) is 5.59. The number of rotatable bonds is 1. The van der Waals surface area contributed by atoms with Crippen molar-refractivity contribution in [3.63, 3.8) is 0 Å². The molecule has 0 atom stereocenters. The molecule has 0 aliphatic heterocycles. The molecule has 0 amide bonds. The minimum Gasteiger partial charge on any atom is -0.295 e. The first-order valence-corrected chi connectivity index (χ1v) is 5.86. The molecule has 1 aliphatic rings. The van der Waals surface area contributed by atoms with Gasteiger partial charge in [0.15, 0.2) is 11.6 Å². The maximum Gasteiger partial charge on any atom is 0.163 e. The number of carbonyl (C=O) groups is 2. The van der Waals surface area contributed by atoms with Gasteiger partial charge < -0.3 is 0 Å². The van der Waals surface area contributed by atoms with Crippen molar-refractivity contribution in [2.75, 3.05) is 0 Å². The monoisotopic (exact) mass is 218 g/mol. The van der Waals surface area contributed by atoms with Crippen LogP contribution in [0.3, 0.4) is 0 Å². The number of fused-ring (bicyclic) bond motifs is 1. The number of hydrogen-bond donors (Lipinski definition) is 0. The molecular weight excluding hydrogens is 200 g/mol. The minimum absolute atomic E-state index is 0.0524. The van der Waals surface area contributed by atoms with E-state index in [0.717, 1.165) is 29.5 Å². The summed E-state index contributed by atoms with van der Waals surface area (Å²) < 4.78 is 0. The Morgan fingerprint density at radius 1 is 1.19 bits per heavy atom. The van der Waals surface area contributed by atoms with E-state index in [9.17, 15) is 9.59 Å². The van der Waals surface area contributed by atoms with Crippen molar-refractivity contribution >= 4 is 11.6 Å². The number of benzene rings is 1. The van der Waals surface area contributed by atoms with Crippen molar-refractivity contribution in [2.45, 2.75) is 40.0 Å². The Morgan fingerprint density at radius 2 is 1.88 bits per heavy atom. The van der Waals surface area contributed by atoms with Crippen LogP contribution < -0.4 is 0 Å². The molecule has 0 radical (unpaired) electrons. The predicted octanol–water partition coefficient (Wildman–Crippen LogP) is 3.43. The van der Waals surface area contributed by atoms with Crippen molar-refractivity contribution < 1.29 is 9.59 Å². The van der Waals surface area contributed by atoms with E-state index in [2.05, 4.69) is 0 Å². The van der Waals surface area contributed by atoms with Gasteiger partial charge in [-0.15, -0.1) is 0 Å². The Hall–Kier alpha value is -1.44. The van der Waals surface area contributed by atoms with Crippen LogP contribution in [0.4, 0.5) is 0 Å². The van der Waals surface area contributed by atoms with Gasteiger partial charge in [-0.1, -0.05) is 32.0 Å². The van der Waals surface area contributed by atoms with E-state index >= 15 is 0 Å². The van der Waals surface area contributed by atoms with E-state index in [-0.39, 0.29) is 11.6 Å². The van der Waals surface area contributed by atoms with E-state index in [1.807, 2.05) is 19.9 Å². The van der Waals surface area contributed by atoms with Crippen LogP contribution in [-0.4, -0.2) is 11.6 Å². The molecule has 86 valence electrons. The summed E-state index contributed by atoms with van der Waals surface area (Å²) in [4.78, 5) is 22.9. The maximum atomic E-state index is 11.5. The zero-order valence-corrected chi connectivity index (χ0v) is 10.2. The quantitative estimate of drug-likeness (QED) is 0.677. The summed E-state index contributed by atoms with van der Waals surface area (Å²) in [5.74, 6) is 0.228. The Kier molecular flexibility index (Phi) is 4.41. The number of Topliss-reactive ketones (excluding diaryl/α,β-unsaturated/α-hetero) is 2. The molecule has 0 bridgehead atoms. The fraction of sp³-hybridized carbons (Fsp3) is 0.429. The molecule has 0 aromatic heterocycles. The van der Waals surface area contributed by atoms with E-state index in [1.165, 1.54) is 0 Å². The van der Waals surface area contributed by atoms with Crippen molar-refractivity contribution in [1.29, 1.82) is 0 Å². The number of hydrogen-bond acceptors (Lipinski definition) is 2. The van der Waals surface area contributed by atoms with Crippen LogP contribution >= 0.6 is 0 Å². The highest BCUT2D eigenvalue weighted by atomic mass is 16.1. The molecule has 1 aliphatic carbocycles. The zero-order chi connectivity index (χ0) is 12.1. The van der Waals surface area contributed by atoms with Gasteiger partial charge in [0.05, 0.1) is 0 Å².